The Bertz CT molecular complexity index is 1040. The summed E-state index contributed by atoms with van der Waals surface area (Å²) in [7, 11) is 0. The van der Waals surface area contributed by atoms with E-state index in [0.29, 0.717) is 11.5 Å². The smallest absolute Gasteiger partial charge is 0.416 e. The predicted octanol–water partition coefficient (Wildman–Crippen LogP) is 8.72. The topological polar surface area (TPSA) is 26.3 Å². The zero-order chi connectivity index (χ0) is 25.0. The summed E-state index contributed by atoms with van der Waals surface area (Å²) in [6.45, 7) is 2.06. The number of carbonyl (C=O) groups excluding carboxylic acids is 1. The van der Waals surface area contributed by atoms with E-state index in [2.05, 4.69) is 19.1 Å². The number of benzene rings is 2. The van der Waals surface area contributed by atoms with Gasteiger partial charge in [-0.1, -0.05) is 24.6 Å². The van der Waals surface area contributed by atoms with Crippen LogP contribution >= 0.6 is 0 Å². The van der Waals surface area contributed by atoms with Crippen LogP contribution in [0.5, 0.6) is 5.75 Å². The molecule has 35 heavy (non-hydrogen) atoms. The number of hydrogen-bond donors (Lipinski definition) is 0. The molecule has 2 aliphatic rings. The van der Waals surface area contributed by atoms with Crippen LogP contribution in [-0.2, 0) is 6.18 Å². The molecule has 0 radical (unpaired) electrons. The summed E-state index contributed by atoms with van der Waals surface area (Å²) >= 11 is 0. The number of halogens is 4. The van der Waals surface area contributed by atoms with E-state index in [-0.39, 0.29) is 17.2 Å². The molecule has 4 rings (SSSR count). The SMILES string of the molecule is C/C=C/CCC1CCC2CC(c3ccc(C(=O)Oc4ccc(C(F)(F)F)cc4)cc3F)CCC2C1. The average Bonchev–Trinajstić information content (AvgIpc) is 2.83. The van der Waals surface area contributed by atoms with Gasteiger partial charge in [0.15, 0.2) is 0 Å². The second-order valence-electron chi connectivity index (χ2n) is 10.0. The lowest BCUT2D eigenvalue weighted by atomic mass is 9.63. The molecule has 0 amide bonds. The van der Waals surface area contributed by atoms with Gasteiger partial charge in [-0.2, -0.15) is 13.2 Å². The zero-order valence-electron chi connectivity index (χ0n) is 20.0. The Balaban J connectivity index is 1.35. The fourth-order valence-electron chi connectivity index (χ4n) is 5.89. The maximum absolute atomic E-state index is 15.0. The molecular weight excluding hydrogens is 456 g/mol. The lowest BCUT2D eigenvalue weighted by molar-refractivity contribution is -0.137. The van der Waals surface area contributed by atoms with Gasteiger partial charge in [0.05, 0.1) is 11.1 Å². The zero-order valence-corrected chi connectivity index (χ0v) is 20.0. The van der Waals surface area contributed by atoms with E-state index in [0.717, 1.165) is 61.8 Å². The van der Waals surface area contributed by atoms with E-state index in [1.165, 1.54) is 31.7 Å². The molecule has 4 unspecified atom stereocenters. The molecule has 0 spiro atoms. The van der Waals surface area contributed by atoms with E-state index < -0.39 is 23.5 Å². The molecule has 0 aliphatic heterocycles. The standard InChI is InChI=1S/C29H32F4O2/c1-2-3-4-5-19-6-7-21-17-22(9-8-20(21)16-19)26-15-10-23(18-27(26)30)28(34)35-25-13-11-24(12-14-25)29(31,32)33/h2-3,10-15,18-22H,4-9,16-17H2,1H3/b3-2+. The van der Waals surface area contributed by atoms with E-state index in [4.69, 9.17) is 4.74 Å². The number of fused-ring (bicyclic) bond motifs is 1. The minimum Gasteiger partial charge on any atom is -0.423 e. The Morgan fingerprint density at radius 2 is 1.71 bits per heavy atom. The van der Waals surface area contributed by atoms with Gasteiger partial charge < -0.3 is 4.74 Å². The van der Waals surface area contributed by atoms with Crippen molar-refractivity contribution in [3.8, 4) is 5.75 Å². The summed E-state index contributed by atoms with van der Waals surface area (Å²) in [4.78, 5) is 12.4. The van der Waals surface area contributed by atoms with Gasteiger partial charge >= 0.3 is 12.1 Å². The van der Waals surface area contributed by atoms with Crippen LogP contribution in [0.2, 0.25) is 0 Å². The molecule has 2 saturated carbocycles. The molecule has 0 heterocycles. The Morgan fingerprint density at radius 1 is 1.00 bits per heavy atom. The second kappa shape index (κ2) is 11.0. The number of ether oxygens (including phenoxy) is 1. The highest BCUT2D eigenvalue weighted by Crippen LogP contribution is 2.48. The number of rotatable bonds is 6. The van der Waals surface area contributed by atoms with Crippen LogP contribution in [0.3, 0.4) is 0 Å². The van der Waals surface area contributed by atoms with E-state index in [9.17, 15) is 18.0 Å². The Labute approximate surface area is 204 Å². The van der Waals surface area contributed by atoms with Crippen molar-refractivity contribution in [2.24, 2.45) is 17.8 Å². The number of alkyl halides is 3. The molecule has 4 atom stereocenters. The van der Waals surface area contributed by atoms with Gasteiger partial charge in [-0.05, 0) is 118 Å². The van der Waals surface area contributed by atoms with Crippen LogP contribution in [0.15, 0.2) is 54.6 Å². The van der Waals surface area contributed by atoms with Crippen molar-refractivity contribution < 1.29 is 27.1 Å². The van der Waals surface area contributed by atoms with Crippen LogP contribution < -0.4 is 4.74 Å². The number of hydrogen-bond acceptors (Lipinski definition) is 2. The first-order valence-electron chi connectivity index (χ1n) is 12.5. The Hall–Kier alpha value is -2.63. The van der Waals surface area contributed by atoms with Crippen molar-refractivity contribution in [1.29, 1.82) is 0 Å². The summed E-state index contributed by atoms with van der Waals surface area (Å²) in [5, 5.41) is 0. The number of esters is 1. The third-order valence-corrected chi connectivity index (χ3v) is 7.77. The number of allylic oxidation sites excluding steroid dienone is 2. The molecule has 2 fully saturated rings. The van der Waals surface area contributed by atoms with Crippen LogP contribution in [-0.4, -0.2) is 5.97 Å². The predicted molar refractivity (Wildman–Crippen MR) is 128 cm³/mol. The van der Waals surface area contributed by atoms with Gasteiger partial charge in [-0.3, -0.25) is 0 Å². The molecule has 2 aromatic carbocycles. The average molecular weight is 489 g/mol. The van der Waals surface area contributed by atoms with E-state index in [1.54, 1.807) is 12.1 Å². The normalized spacial score (nSPS) is 24.8. The van der Waals surface area contributed by atoms with Crippen LogP contribution in [0.1, 0.15) is 85.7 Å². The van der Waals surface area contributed by atoms with E-state index in [1.807, 2.05) is 0 Å². The molecular formula is C29H32F4O2. The van der Waals surface area contributed by atoms with Gasteiger partial charge in [0, 0.05) is 0 Å². The highest BCUT2D eigenvalue weighted by Gasteiger charge is 2.36. The van der Waals surface area contributed by atoms with Crippen LogP contribution in [0, 0.1) is 23.6 Å². The molecule has 2 aliphatic carbocycles. The largest absolute Gasteiger partial charge is 0.423 e. The monoisotopic (exact) mass is 488 g/mol. The third kappa shape index (κ3) is 6.33. The summed E-state index contributed by atoms with van der Waals surface area (Å²) in [6, 6.07) is 8.27. The fourth-order valence-corrected chi connectivity index (χ4v) is 5.89. The van der Waals surface area contributed by atoms with Gasteiger partial charge in [-0.15, -0.1) is 0 Å². The molecule has 0 bridgehead atoms. The van der Waals surface area contributed by atoms with Gasteiger partial charge in [-0.25, -0.2) is 9.18 Å². The highest BCUT2D eigenvalue weighted by atomic mass is 19.4. The summed E-state index contributed by atoms with van der Waals surface area (Å²) in [5.74, 6) is 1.08. The summed E-state index contributed by atoms with van der Waals surface area (Å²) in [6.07, 6.45) is 9.11. The maximum atomic E-state index is 15.0. The van der Waals surface area contributed by atoms with Crippen molar-refractivity contribution >= 4 is 5.97 Å². The minimum absolute atomic E-state index is 0.0212. The number of carbonyl (C=O) groups is 1. The molecule has 188 valence electrons. The van der Waals surface area contributed by atoms with Gasteiger partial charge in [0.25, 0.3) is 0 Å². The van der Waals surface area contributed by atoms with Crippen molar-refractivity contribution in [3.63, 3.8) is 0 Å². The summed E-state index contributed by atoms with van der Waals surface area (Å²) in [5.41, 5.74) is -0.143. The van der Waals surface area contributed by atoms with E-state index >= 15 is 4.39 Å². The molecule has 0 N–H and O–H groups in total. The molecule has 2 aromatic rings. The van der Waals surface area contributed by atoms with Gasteiger partial charge in [0.1, 0.15) is 11.6 Å². The van der Waals surface area contributed by atoms with Crippen molar-refractivity contribution in [2.45, 2.75) is 70.4 Å². The first-order valence-corrected chi connectivity index (χ1v) is 12.5. The van der Waals surface area contributed by atoms with Crippen LogP contribution in [0.25, 0.3) is 0 Å². The van der Waals surface area contributed by atoms with Crippen molar-refractivity contribution in [1.82, 2.24) is 0 Å². The highest BCUT2D eigenvalue weighted by molar-refractivity contribution is 5.91. The molecule has 0 aromatic heterocycles. The lowest BCUT2D eigenvalue weighted by Gasteiger charge is -2.42. The molecule has 2 nitrogen and oxygen atoms in total. The second-order valence-corrected chi connectivity index (χ2v) is 10.0. The maximum Gasteiger partial charge on any atom is 0.416 e. The Kier molecular flexibility index (Phi) is 7.98. The quantitative estimate of drug-likeness (QED) is 0.176. The van der Waals surface area contributed by atoms with Crippen molar-refractivity contribution in [2.75, 3.05) is 0 Å². The minimum atomic E-state index is -4.47. The van der Waals surface area contributed by atoms with Gasteiger partial charge in [0.2, 0.25) is 0 Å². The third-order valence-electron chi connectivity index (χ3n) is 7.77. The lowest BCUT2D eigenvalue weighted by Crippen LogP contribution is -2.30. The summed E-state index contributed by atoms with van der Waals surface area (Å²) < 4.78 is 58.3. The van der Waals surface area contributed by atoms with Crippen LogP contribution in [0.4, 0.5) is 17.6 Å². The first-order chi connectivity index (χ1) is 16.7. The molecule has 6 heteroatoms. The fraction of sp³-hybridized carbons (Fsp3) is 0.483. The first kappa shape index (κ1) is 25.5. The molecule has 0 saturated heterocycles. The Morgan fingerprint density at radius 3 is 2.40 bits per heavy atom. The van der Waals surface area contributed by atoms with Crippen molar-refractivity contribution in [3.05, 3.63) is 77.1 Å².